The molecular formula is C20H33N3O4S. The van der Waals surface area contributed by atoms with Gasteiger partial charge in [0.2, 0.25) is 5.91 Å². The highest BCUT2D eigenvalue weighted by molar-refractivity contribution is 7.85. The Morgan fingerprint density at radius 3 is 2.39 bits per heavy atom. The van der Waals surface area contributed by atoms with Crippen molar-refractivity contribution in [3.8, 4) is 12.3 Å². The highest BCUT2D eigenvalue weighted by Gasteiger charge is 2.37. The lowest BCUT2D eigenvalue weighted by atomic mass is 10.0. The van der Waals surface area contributed by atoms with Gasteiger partial charge in [-0.25, -0.2) is 0 Å². The summed E-state index contributed by atoms with van der Waals surface area (Å²) in [7, 11) is -4.01. The molecule has 0 saturated heterocycles. The van der Waals surface area contributed by atoms with Crippen LogP contribution >= 0.6 is 0 Å². The van der Waals surface area contributed by atoms with E-state index in [0.717, 1.165) is 70.6 Å². The van der Waals surface area contributed by atoms with Crippen LogP contribution in [0.4, 0.5) is 0 Å². The van der Waals surface area contributed by atoms with Crippen molar-refractivity contribution in [3.63, 3.8) is 0 Å². The molecule has 7 nitrogen and oxygen atoms in total. The molecule has 28 heavy (non-hydrogen) atoms. The van der Waals surface area contributed by atoms with E-state index in [0.29, 0.717) is 6.42 Å². The van der Waals surface area contributed by atoms with Gasteiger partial charge in [0.15, 0.2) is 5.66 Å². The van der Waals surface area contributed by atoms with Crippen molar-refractivity contribution in [2.24, 2.45) is 10.2 Å². The summed E-state index contributed by atoms with van der Waals surface area (Å²) in [4.78, 5) is 11.5. The van der Waals surface area contributed by atoms with Gasteiger partial charge in [0.1, 0.15) is 0 Å². The Kier molecular flexibility index (Phi) is 11.7. The van der Waals surface area contributed by atoms with Crippen molar-refractivity contribution in [2.45, 2.75) is 82.7 Å². The maximum atomic E-state index is 11.5. The molecule has 1 aliphatic heterocycles. The second kappa shape index (κ2) is 13.5. The van der Waals surface area contributed by atoms with Crippen LogP contribution in [0.3, 0.4) is 0 Å². The number of nitrogens with one attached hydrogen (secondary N) is 1. The van der Waals surface area contributed by atoms with E-state index in [4.69, 9.17) is 11.0 Å². The van der Waals surface area contributed by atoms with Crippen molar-refractivity contribution < 1.29 is 17.8 Å². The summed E-state index contributed by atoms with van der Waals surface area (Å²) < 4.78 is 29.6. The molecule has 0 spiro atoms. The number of amides is 1. The Bertz CT molecular complexity index is 659. The summed E-state index contributed by atoms with van der Waals surface area (Å²) in [5.41, 5.74) is -0.139. The van der Waals surface area contributed by atoms with E-state index in [1.54, 1.807) is 0 Å². The number of rotatable bonds is 17. The summed E-state index contributed by atoms with van der Waals surface area (Å²) in [5.74, 6) is 2.04. The Morgan fingerprint density at radius 2 is 1.71 bits per heavy atom. The Balaban J connectivity index is 1.88. The minimum absolute atomic E-state index is 0.0434. The molecule has 0 bridgehead atoms. The molecule has 1 amide bonds. The monoisotopic (exact) mass is 411 g/mol. The summed E-state index contributed by atoms with van der Waals surface area (Å²) >= 11 is 0. The van der Waals surface area contributed by atoms with Gasteiger partial charge in [0, 0.05) is 19.4 Å². The van der Waals surface area contributed by atoms with Gasteiger partial charge in [-0.3, -0.25) is 9.35 Å². The molecule has 2 N–H and O–H groups in total. The van der Waals surface area contributed by atoms with Gasteiger partial charge in [-0.1, -0.05) is 31.4 Å². The van der Waals surface area contributed by atoms with Crippen LogP contribution in [0.2, 0.25) is 0 Å². The maximum Gasteiger partial charge on any atom is 0.266 e. The van der Waals surface area contributed by atoms with Gasteiger partial charge in [-0.05, 0) is 44.9 Å². The minimum atomic E-state index is -4.01. The Labute approximate surface area is 169 Å². The van der Waals surface area contributed by atoms with Crippen molar-refractivity contribution in [1.29, 1.82) is 0 Å². The van der Waals surface area contributed by atoms with Crippen molar-refractivity contribution in [3.05, 3.63) is 12.2 Å². The van der Waals surface area contributed by atoms with Crippen LogP contribution < -0.4 is 5.32 Å². The van der Waals surface area contributed by atoms with Gasteiger partial charge in [0.25, 0.3) is 10.1 Å². The molecular weight excluding hydrogens is 378 g/mol. The molecule has 0 atom stereocenters. The Morgan fingerprint density at radius 1 is 1.04 bits per heavy atom. The predicted octanol–water partition coefficient (Wildman–Crippen LogP) is 4.02. The van der Waals surface area contributed by atoms with Crippen LogP contribution in [0.5, 0.6) is 0 Å². The number of hydrogen-bond donors (Lipinski definition) is 2. The topological polar surface area (TPSA) is 108 Å². The molecule has 0 saturated carbocycles. The van der Waals surface area contributed by atoms with Crippen molar-refractivity contribution >= 4 is 16.0 Å². The average Bonchev–Trinajstić information content (AvgIpc) is 3.39. The van der Waals surface area contributed by atoms with E-state index in [-0.39, 0.29) is 18.1 Å². The van der Waals surface area contributed by atoms with Gasteiger partial charge in [-0.15, -0.1) is 12.3 Å². The SMILES string of the molecule is C#CCCCC1(CC/C=C\CCCCCCCC(=O)NCCS(=O)(=O)O)N=N1. The number of nitrogens with zero attached hydrogens (tertiary/aromatic N) is 2. The summed E-state index contributed by atoms with van der Waals surface area (Å²) in [5, 5.41) is 10.8. The number of allylic oxidation sites excluding steroid dienone is 2. The fourth-order valence-corrected chi connectivity index (χ4v) is 3.27. The maximum absolute atomic E-state index is 11.5. The third-order valence-electron chi connectivity index (χ3n) is 4.62. The van der Waals surface area contributed by atoms with Gasteiger partial charge >= 0.3 is 0 Å². The van der Waals surface area contributed by atoms with Crippen LogP contribution in [-0.4, -0.2) is 36.8 Å². The fourth-order valence-electron chi connectivity index (χ4n) is 2.91. The largest absolute Gasteiger partial charge is 0.355 e. The average molecular weight is 412 g/mol. The molecule has 0 unspecified atom stereocenters. The van der Waals surface area contributed by atoms with Crippen LogP contribution in [0.25, 0.3) is 0 Å². The molecule has 0 aromatic rings. The zero-order chi connectivity index (χ0) is 20.7. The summed E-state index contributed by atoms with van der Waals surface area (Å²) in [6.07, 6.45) is 21.0. The van der Waals surface area contributed by atoms with E-state index >= 15 is 0 Å². The third-order valence-corrected chi connectivity index (χ3v) is 5.34. The first-order valence-corrected chi connectivity index (χ1v) is 11.7. The molecule has 1 heterocycles. The second-order valence-corrected chi connectivity index (χ2v) is 8.76. The van der Waals surface area contributed by atoms with Gasteiger partial charge < -0.3 is 5.32 Å². The first-order valence-electron chi connectivity index (χ1n) is 10.1. The van der Waals surface area contributed by atoms with Crippen LogP contribution in [0.15, 0.2) is 22.4 Å². The molecule has 1 aliphatic rings. The van der Waals surface area contributed by atoms with Gasteiger partial charge in [-0.2, -0.15) is 18.6 Å². The molecule has 0 aromatic carbocycles. The van der Waals surface area contributed by atoms with E-state index < -0.39 is 15.9 Å². The van der Waals surface area contributed by atoms with E-state index in [1.807, 2.05) is 0 Å². The first-order chi connectivity index (χ1) is 13.4. The molecule has 158 valence electrons. The normalized spacial score (nSPS) is 14.9. The van der Waals surface area contributed by atoms with Crippen molar-refractivity contribution in [1.82, 2.24) is 5.32 Å². The third kappa shape index (κ3) is 13.4. The number of terminal acetylenes is 1. The lowest BCUT2D eigenvalue weighted by molar-refractivity contribution is -0.121. The van der Waals surface area contributed by atoms with Crippen LogP contribution in [0, 0.1) is 12.3 Å². The number of unbranched alkanes of at least 4 members (excludes halogenated alkanes) is 6. The first kappa shape index (κ1) is 24.3. The van der Waals surface area contributed by atoms with E-state index in [2.05, 4.69) is 33.6 Å². The molecule has 8 heteroatoms. The smallest absolute Gasteiger partial charge is 0.266 e. The zero-order valence-corrected chi connectivity index (χ0v) is 17.4. The highest BCUT2D eigenvalue weighted by Crippen LogP contribution is 2.38. The zero-order valence-electron chi connectivity index (χ0n) is 16.6. The molecule has 0 aliphatic carbocycles. The summed E-state index contributed by atoms with van der Waals surface area (Å²) in [6.45, 7) is -0.0434. The lowest BCUT2D eigenvalue weighted by Crippen LogP contribution is -2.28. The van der Waals surface area contributed by atoms with E-state index in [1.165, 1.54) is 0 Å². The number of hydrogen-bond acceptors (Lipinski definition) is 5. The highest BCUT2D eigenvalue weighted by atomic mass is 32.2. The lowest BCUT2D eigenvalue weighted by Gasteiger charge is -2.07. The van der Waals surface area contributed by atoms with E-state index in [9.17, 15) is 13.2 Å². The number of carbonyl (C=O) groups excluding carboxylic acids is 1. The fraction of sp³-hybridized carbons (Fsp3) is 0.750. The standard InChI is InChI=1S/C20H33N3O4S/c1-2-3-12-15-20(22-23-20)16-13-10-8-6-4-5-7-9-11-14-19(24)21-17-18-28(25,26)27/h1,8,10H,3-7,9,11-18H2,(H,21,24)(H,25,26,27)/b10-8-. The van der Waals surface area contributed by atoms with Crippen LogP contribution in [-0.2, 0) is 14.9 Å². The molecule has 1 rings (SSSR count). The molecule has 0 radical (unpaired) electrons. The Hall–Kier alpha value is -1.72. The quantitative estimate of drug-likeness (QED) is 0.163. The van der Waals surface area contributed by atoms with Gasteiger partial charge in [0.05, 0.1) is 5.75 Å². The molecule has 0 aromatic heterocycles. The second-order valence-electron chi connectivity index (χ2n) is 7.19. The number of carbonyl (C=O) groups is 1. The van der Waals surface area contributed by atoms with Crippen LogP contribution in [0.1, 0.15) is 77.0 Å². The molecule has 0 fully saturated rings. The predicted molar refractivity (Wildman–Crippen MR) is 110 cm³/mol. The summed E-state index contributed by atoms with van der Waals surface area (Å²) in [6, 6.07) is 0. The minimum Gasteiger partial charge on any atom is -0.355 e. The van der Waals surface area contributed by atoms with Crippen molar-refractivity contribution in [2.75, 3.05) is 12.3 Å².